The number of allylic oxidation sites excluding steroid dienone is 3. The van der Waals surface area contributed by atoms with E-state index in [4.69, 9.17) is 0 Å². The lowest BCUT2D eigenvalue weighted by molar-refractivity contribution is 0.366. The van der Waals surface area contributed by atoms with E-state index in [1.165, 1.54) is 33.2 Å². The van der Waals surface area contributed by atoms with Crippen LogP contribution >= 0.6 is 11.8 Å². The van der Waals surface area contributed by atoms with Crippen LogP contribution in [-0.2, 0) is 0 Å². The Morgan fingerprint density at radius 2 is 2.10 bits per heavy atom. The molecular weight excluding hydrogens is 274 g/mol. The van der Waals surface area contributed by atoms with Crippen LogP contribution in [0.1, 0.15) is 39.7 Å². The molecule has 0 fully saturated rings. The van der Waals surface area contributed by atoms with Gasteiger partial charge < -0.3 is 4.90 Å². The Kier molecular flexibility index (Phi) is 3.69. The summed E-state index contributed by atoms with van der Waals surface area (Å²) in [6.45, 7) is 12.5. The molecular formula is C19H25NS. The molecule has 1 aromatic rings. The molecule has 1 aliphatic carbocycles. The Balaban J connectivity index is 2.09. The molecule has 2 aliphatic rings. The molecule has 1 unspecified atom stereocenters. The third-order valence-electron chi connectivity index (χ3n) is 4.56. The first-order valence-electron chi connectivity index (χ1n) is 7.91. The molecule has 1 aromatic carbocycles. The van der Waals surface area contributed by atoms with Gasteiger partial charge in [0.25, 0.3) is 0 Å². The molecule has 0 spiro atoms. The molecule has 0 saturated heterocycles. The number of rotatable bonds is 1. The summed E-state index contributed by atoms with van der Waals surface area (Å²) in [6.07, 6.45) is 6.00. The Labute approximate surface area is 133 Å². The van der Waals surface area contributed by atoms with Gasteiger partial charge in [0, 0.05) is 11.4 Å². The highest BCUT2D eigenvalue weighted by atomic mass is 32.2. The Morgan fingerprint density at radius 1 is 1.33 bits per heavy atom. The number of aryl methyl sites for hydroxylation is 1. The van der Waals surface area contributed by atoms with E-state index >= 15 is 0 Å². The van der Waals surface area contributed by atoms with Gasteiger partial charge in [-0.2, -0.15) is 0 Å². The second-order valence-electron chi connectivity index (χ2n) is 6.96. The van der Waals surface area contributed by atoms with Crippen molar-refractivity contribution in [3.63, 3.8) is 0 Å². The summed E-state index contributed by atoms with van der Waals surface area (Å²) in [4.78, 5) is 3.91. The molecule has 112 valence electrons. The fourth-order valence-electron chi connectivity index (χ4n) is 3.57. The normalized spacial score (nSPS) is 27.1. The Hall–Kier alpha value is -1.15. The highest BCUT2D eigenvalue weighted by Crippen LogP contribution is 2.51. The molecule has 3 rings (SSSR count). The van der Waals surface area contributed by atoms with Crippen molar-refractivity contribution in [3.8, 4) is 0 Å². The van der Waals surface area contributed by atoms with Gasteiger partial charge in [-0.3, -0.25) is 0 Å². The summed E-state index contributed by atoms with van der Waals surface area (Å²) in [5.74, 6) is 0.621. The number of fused-ring (bicyclic) bond motifs is 1. The van der Waals surface area contributed by atoms with Crippen LogP contribution in [0.15, 0.2) is 45.8 Å². The van der Waals surface area contributed by atoms with Crippen LogP contribution in [0.4, 0.5) is 5.69 Å². The summed E-state index contributed by atoms with van der Waals surface area (Å²) in [7, 11) is 0. The van der Waals surface area contributed by atoms with Crippen molar-refractivity contribution < 1.29 is 0 Å². The monoisotopic (exact) mass is 299 g/mol. The van der Waals surface area contributed by atoms with E-state index < -0.39 is 0 Å². The van der Waals surface area contributed by atoms with Gasteiger partial charge in [-0.15, -0.1) is 0 Å². The van der Waals surface area contributed by atoms with Gasteiger partial charge in [0.1, 0.15) is 0 Å². The Morgan fingerprint density at radius 3 is 2.76 bits per heavy atom. The molecule has 1 heterocycles. The van der Waals surface area contributed by atoms with E-state index in [0.717, 1.165) is 6.54 Å². The number of hydrogen-bond acceptors (Lipinski definition) is 2. The molecule has 2 heteroatoms. The fourth-order valence-corrected chi connectivity index (χ4v) is 5.01. The van der Waals surface area contributed by atoms with E-state index in [2.05, 4.69) is 69.9 Å². The van der Waals surface area contributed by atoms with Gasteiger partial charge in [-0.1, -0.05) is 56.8 Å². The lowest BCUT2D eigenvalue weighted by atomic mass is 9.75. The summed E-state index contributed by atoms with van der Waals surface area (Å²) in [5, 5.41) is 1.45. The number of anilines is 1. The van der Waals surface area contributed by atoms with E-state index in [9.17, 15) is 0 Å². The molecule has 0 saturated carbocycles. The van der Waals surface area contributed by atoms with Gasteiger partial charge in [-0.05, 0) is 48.8 Å². The van der Waals surface area contributed by atoms with E-state index in [0.29, 0.717) is 11.3 Å². The molecule has 0 N–H and O–H groups in total. The van der Waals surface area contributed by atoms with E-state index in [-0.39, 0.29) is 0 Å². The van der Waals surface area contributed by atoms with Crippen LogP contribution in [0.2, 0.25) is 0 Å². The maximum Gasteiger partial charge on any atom is 0.0836 e. The largest absolute Gasteiger partial charge is 0.335 e. The lowest BCUT2D eigenvalue weighted by Crippen LogP contribution is -2.24. The quantitative estimate of drug-likeness (QED) is 0.648. The SMILES string of the molecule is CCN1C(=C2C=CC(C)(C)CC2C)Sc2cccc(C)c21. The van der Waals surface area contributed by atoms with Crippen molar-refractivity contribution in [1.29, 1.82) is 0 Å². The Bertz CT molecular complexity index is 624. The van der Waals surface area contributed by atoms with Gasteiger partial charge in [0.05, 0.1) is 10.7 Å². The minimum atomic E-state index is 0.326. The highest BCUT2D eigenvalue weighted by Gasteiger charge is 2.32. The highest BCUT2D eigenvalue weighted by molar-refractivity contribution is 8.03. The molecule has 0 radical (unpaired) electrons. The van der Waals surface area contributed by atoms with Crippen molar-refractivity contribution in [2.45, 2.75) is 45.9 Å². The number of para-hydroxylation sites is 1. The maximum absolute atomic E-state index is 2.50. The fraction of sp³-hybridized carbons (Fsp3) is 0.474. The molecule has 1 atom stereocenters. The zero-order chi connectivity index (χ0) is 15.2. The number of nitrogens with zero attached hydrogens (tertiary/aromatic N) is 1. The standard InChI is InChI=1S/C19H25NS/c1-6-20-17-13(2)8-7-9-16(17)21-18(20)15-10-11-19(4,5)12-14(15)3/h7-11,14H,6,12H2,1-5H3. The predicted molar refractivity (Wildman–Crippen MR) is 93.8 cm³/mol. The number of thioether (sulfide) groups is 1. The third kappa shape index (κ3) is 2.55. The summed E-state index contributed by atoms with van der Waals surface area (Å²) < 4.78 is 0. The van der Waals surface area contributed by atoms with Gasteiger partial charge >= 0.3 is 0 Å². The van der Waals surface area contributed by atoms with Crippen molar-refractivity contribution in [2.75, 3.05) is 11.4 Å². The van der Waals surface area contributed by atoms with Crippen LogP contribution in [0.3, 0.4) is 0 Å². The van der Waals surface area contributed by atoms with Crippen molar-refractivity contribution in [1.82, 2.24) is 0 Å². The van der Waals surface area contributed by atoms with Crippen molar-refractivity contribution >= 4 is 17.4 Å². The predicted octanol–water partition coefficient (Wildman–Crippen LogP) is 5.76. The summed E-state index contributed by atoms with van der Waals surface area (Å²) in [5.41, 5.74) is 4.63. The second kappa shape index (κ2) is 5.24. The van der Waals surface area contributed by atoms with Crippen molar-refractivity contribution in [3.05, 3.63) is 46.5 Å². The average molecular weight is 299 g/mol. The lowest BCUT2D eigenvalue weighted by Gasteiger charge is -2.32. The van der Waals surface area contributed by atoms with Crippen molar-refractivity contribution in [2.24, 2.45) is 11.3 Å². The second-order valence-corrected chi connectivity index (χ2v) is 7.99. The first-order valence-corrected chi connectivity index (χ1v) is 8.73. The molecule has 1 aliphatic heterocycles. The average Bonchev–Trinajstić information content (AvgIpc) is 2.77. The minimum absolute atomic E-state index is 0.326. The molecule has 21 heavy (non-hydrogen) atoms. The summed E-state index contributed by atoms with van der Waals surface area (Å²) in [6, 6.07) is 6.65. The first-order chi connectivity index (χ1) is 9.93. The van der Waals surface area contributed by atoms with Crippen LogP contribution < -0.4 is 4.90 Å². The van der Waals surface area contributed by atoms with Gasteiger partial charge in [-0.25, -0.2) is 0 Å². The molecule has 1 nitrogen and oxygen atoms in total. The molecule has 0 amide bonds. The number of benzene rings is 1. The maximum atomic E-state index is 2.50. The van der Waals surface area contributed by atoms with E-state index in [1.54, 1.807) is 0 Å². The smallest absolute Gasteiger partial charge is 0.0836 e. The minimum Gasteiger partial charge on any atom is -0.335 e. The topological polar surface area (TPSA) is 3.24 Å². The summed E-state index contributed by atoms with van der Waals surface area (Å²) >= 11 is 1.95. The zero-order valence-electron chi connectivity index (χ0n) is 13.7. The zero-order valence-corrected chi connectivity index (χ0v) is 14.6. The number of hydrogen-bond donors (Lipinski definition) is 0. The van der Waals surface area contributed by atoms with Gasteiger partial charge in [0.2, 0.25) is 0 Å². The van der Waals surface area contributed by atoms with Crippen LogP contribution in [0, 0.1) is 18.3 Å². The van der Waals surface area contributed by atoms with Crippen LogP contribution in [-0.4, -0.2) is 6.54 Å². The third-order valence-corrected chi connectivity index (χ3v) is 5.76. The molecule has 0 bridgehead atoms. The van der Waals surface area contributed by atoms with Crippen LogP contribution in [0.25, 0.3) is 0 Å². The van der Waals surface area contributed by atoms with Crippen LogP contribution in [0.5, 0.6) is 0 Å². The van der Waals surface area contributed by atoms with E-state index in [1.807, 2.05) is 11.8 Å². The first kappa shape index (κ1) is 14.8. The molecule has 0 aromatic heterocycles. The van der Waals surface area contributed by atoms with Gasteiger partial charge in [0.15, 0.2) is 0 Å².